The molecular weight excluding hydrogens is 288 g/mol. The molecule has 0 radical (unpaired) electrons. The van der Waals surface area contributed by atoms with E-state index in [2.05, 4.69) is 5.32 Å². The molecule has 3 N–H and O–H groups in total. The van der Waals surface area contributed by atoms with Gasteiger partial charge in [-0.2, -0.15) is 0 Å². The summed E-state index contributed by atoms with van der Waals surface area (Å²) in [4.78, 5) is 23.4. The number of nitrogens with one attached hydrogen (secondary N) is 1. The summed E-state index contributed by atoms with van der Waals surface area (Å²) in [6.07, 6.45) is 4.64. The van der Waals surface area contributed by atoms with Crippen LogP contribution in [0.4, 0.5) is 0 Å². The van der Waals surface area contributed by atoms with E-state index in [4.69, 9.17) is 17.3 Å². The van der Waals surface area contributed by atoms with Gasteiger partial charge in [-0.3, -0.25) is 9.59 Å². The summed E-state index contributed by atoms with van der Waals surface area (Å²) in [5.74, 6) is -0.304. The number of amides is 2. The molecule has 1 fully saturated rings. The van der Waals surface area contributed by atoms with Gasteiger partial charge in [0.05, 0.1) is 5.41 Å². The van der Waals surface area contributed by atoms with Crippen LogP contribution in [0.25, 0.3) is 0 Å². The first-order chi connectivity index (χ1) is 10.0. The van der Waals surface area contributed by atoms with Gasteiger partial charge in [-0.05, 0) is 37.0 Å². The Morgan fingerprint density at radius 3 is 2.62 bits per heavy atom. The van der Waals surface area contributed by atoms with Crippen LogP contribution in [0.1, 0.15) is 44.1 Å². The van der Waals surface area contributed by atoms with Crippen LogP contribution in [0, 0.1) is 0 Å². The molecule has 1 saturated carbocycles. The Morgan fingerprint density at radius 2 is 2.00 bits per heavy atom. The minimum atomic E-state index is -0.475. The van der Waals surface area contributed by atoms with Crippen molar-refractivity contribution >= 4 is 23.4 Å². The number of rotatable bonds is 6. The Balaban J connectivity index is 2.07. The van der Waals surface area contributed by atoms with Crippen molar-refractivity contribution in [3.05, 3.63) is 34.9 Å². The third-order valence-corrected chi connectivity index (χ3v) is 4.39. The Labute approximate surface area is 130 Å². The highest BCUT2D eigenvalue weighted by Gasteiger charge is 2.42. The lowest BCUT2D eigenvalue weighted by Crippen LogP contribution is -2.43. The summed E-state index contributed by atoms with van der Waals surface area (Å²) >= 11 is 6.07. The minimum Gasteiger partial charge on any atom is -0.370 e. The SMILES string of the molecule is NC(=O)CCCNC(=O)C1(c2cccc(Cl)c2)CCCC1. The highest BCUT2D eigenvalue weighted by atomic mass is 35.5. The van der Waals surface area contributed by atoms with E-state index in [0.717, 1.165) is 31.2 Å². The number of halogens is 1. The van der Waals surface area contributed by atoms with E-state index in [0.29, 0.717) is 24.4 Å². The maximum atomic E-state index is 12.7. The van der Waals surface area contributed by atoms with Crippen LogP contribution in [0.3, 0.4) is 0 Å². The summed E-state index contributed by atoms with van der Waals surface area (Å²) in [5, 5.41) is 3.60. The van der Waals surface area contributed by atoms with Gasteiger partial charge in [0, 0.05) is 18.0 Å². The molecule has 0 saturated heterocycles. The monoisotopic (exact) mass is 308 g/mol. The normalized spacial score (nSPS) is 16.6. The van der Waals surface area contributed by atoms with E-state index in [1.54, 1.807) is 0 Å². The lowest BCUT2D eigenvalue weighted by atomic mass is 9.78. The van der Waals surface area contributed by atoms with Crippen molar-refractivity contribution in [1.82, 2.24) is 5.32 Å². The van der Waals surface area contributed by atoms with Gasteiger partial charge in [-0.15, -0.1) is 0 Å². The fourth-order valence-electron chi connectivity index (χ4n) is 3.05. The fourth-order valence-corrected chi connectivity index (χ4v) is 3.24. The van der Waals surface area contributed by atoms with Crippen molar-refractivity contribution in [3.63, 3.8) is 0 Å². The molecule has 1 aromatic rings. The van der Waals surface area contributed by atoms with Crippen LogP contribution in [0.5, 0.6) is 0 Å². The van der Waals surface area contributed by atoms with Crippen LogP contribution in [0.15, 0.2) is 24.3 Å². The molecule has 2 amide bonds. The summed E-state index contributed by atoms with van der Waals surface area (Å²) in [6, 6.07) is 7.56. The Kier molecular flexibility index (Phi) is 5.23. The molecule has 0 bridgehead atoms. The number of hydrogen-bond donors (Lipinski definition) is 2. The van der Waals surface area contributed by atoms with Crippen molar-refractivity contribution in [3.8, 4) is 0 Å². The molecular formula is C16H21ClN2O2. The van der Waals surface area contributed by atoms with E-state index in [-0.39, 0.29) is 11.8 Å². The quantitative estimate of drug-likeness (QED) is 0.793. The first-order valence-electron chi connectivity index (χ1n) is 7.37. The molecule has 114 valence electrons. The first-order valence-corrected chi connectivity index (χ1v) is 7.75. The van der Waals surface area contributed by atoms with Gasteiger partial charge < -0.3 is 11.1 Å². The standard InChI is InChI=1S/C16H21ClN2O2/c17-13-6-3-5-12(11-13)16(8-1-2-9-16)15(21)19-10-4-7-14(18)20/h3,5-6,11H,1-2,4,7-10H2,(H2,18,20)(H,19,21). The van der Waals surface area contributed by atoms with Gasteiger partial charge in [-0.1, -0.05) is 36.6 Å². The predicted molar refractivity (Wildman–Crippen MR) is 83.0 cm³/mol. The molecule has 0 unspecified atom stereocenters. The second-order valence-electron chi connectivity index (χ2n) is 5.63. The van der Waals surface area contributed by atoms with Crippen LogP contribution >= 0.6 is 11.6 Å². The average molecular weight is 309 g/mol. The highest BCUT2D eigenvalue weighted by molar-refractivity contribution is 6.30. The molecule has 5 heteroatoms. The van der Waals surface area contributed by atoms with E-state index in [1.807, 2.05) is 24.3 Å². The van der Waals surface area contributed by atoms with Gasteiger partial charge in [0.1, 0.15) is 0 Å². The Morgan fingerprint density at radius 1 is 1.29 bits per heavy atom. The number of hydrogen-bond acceptors (Lipinski definition) is 2. The summed E-state index contributed by atoms with van der Waals surface area (Å²) in [7, 11) is 0. The largest absolute Gasteiger partial charge is 0.370 e. The molecule has 0 aromatic heterocycles. The third-order valence-electron chi connectivity index (χ3n) is 4.15. The number of nitrogens with two attached hydrogens (primary N) is 1. The van der Waals surface area contributed by atoms with Gasteiger partial charge in [0.2, 0.25) is 11.8 Å². The average Bonchev–Trinajstić information content (AvgIpc) is 2.94. The number of primary amides is 1. The zero-order chi connectivity index (χ0) is 15.3. The first kappa shape index (κ1) is 15.8. The lowest BCUT2D eigenvalue weighted by molar-refractivity contribution is -0.127. The molecule has 21 heavy (non-hydrogen) atoms. The predicted octanol–water partition coefficient (Wildman–Crippen LogP) is 2.53. The Hall–Kier alpha value is -1.55. The van der Waals surface area contributed by atoms with Gasteiger partial charge in [-0.25, -0.2) is 0 Å². The fraction of sp³-hybridized carbons (Fsp3) is 0.500. The zero-order valence-corrected chi connectivity index (χ0v) is 12.8. The number of benzene rings is 1. The van der Waals surface area contributed by atoms with Gasteiger partial charge in [0.15, 0.2) is 0 Å². The second kappa shape index (κ2) is 6.94. The molecule has 1 aliphatic rings. The summed E-state index contributed by atoms with van der Waals surface area (Å²) in [5.41, 5.74) is 5.61. The smallest absolute Gasteiger partial charge is 0.230 e. The van der Waals surface area contributed by atoms with E-state index < -0.39 is 5.41 Å². The van der Waals surface area contributed by atoms with Crippen molar-refractivity contribution in [2.24, 2.45) is 5.73 Å². The van der Waals surface area contributed by atoms with Gasteiger partial charge in [0.25, 0.3) is 0 Å². The van der Waals surface area contributed by atoms with Crippen molar-refractivity contribution in [1.29, 1.82) is 0 Å². The lowest BCUT2D eigenvalue weighted by Gasteiger charge is -2.28. The van der Waals surface area contributed by atoms with Crippen molar-refractivity contribution in [2.45, 2.75) is 43.9 Å². The highest BCUT2D eigenvalue weighted by Crippen LogP contribution is 2.42. The topological polar surface area (TPSA) is 72.2 Å². The molecule has 1 aromatic carbocycles. The minimum absolute atomic E-state index is 0.0340. The summed E-state index contributed by atoms with van der Waals surface area (Å²) in [6.45, 7) is 0.476. The molecule has 2 rings (SSSR count). The van der Waals surface area contributed by atoms with Gasteiger partial charge >= 0.3 is 0 Å². The zero-order valence-electron chi connectivity index (χ0n) is 12.0. The summed E-state index contributed by atoms with van der Waals surface area (Å²) < 4.78 is 0. The Bertz CT molecular complexity index is 525. The van der Waals surface area contributed by atoms with E-state index in [9.17, 15) is 9.59 Å². The maximum absolute atomic E-state index is 12.7. The number of carbonyl (C=O) groups is 2. The molecule has 0 heterocycles. The van der Waals surface area contributed by atoms with Crippen LogP contribution < -0.4 is 11.1 Å². The van der Waals surface area contributed by atoms with Crippen molar-refractivity contribution in [2.75, 3.05) is 6.54 Å². The maximum Gasteiger partial charge on any atom is 0.230 e. The number of carbonyl (C=O) groups excluding carboxylic acids is 2. The van der Waals surface area contributed by atoms with Crippen LogP contribution in [-0.4, -0.2) is 18.4 Å². The third kappa shape index (κ3) is 3.76. The van der Waals surface area contributed by atoms with E-state index in [1.165, 1.54) is 0 Å². The molecule has 4 nitrogen and oxygen atoms in total. The molecule has 0 aliphatic heterocycles. The van der Waals surface area contributed by atoms with Crippen LogP contribution in [-0.2, 0) is 15.0 Å². The van der Waals surface area contributed by atoms with Crippen LogP contribution in [0.2, 0.25) is 5.02 Å². The molecule has 0 atom stereocenters. The molecule has 0 spiro atoms. The van der Waals surface area contributed by atoms with Crippen molar-refractivity contribution < 1.29 is 9.59 Å². The molecule has 1 aliphatic carbocycles. The van der Waals surface area contributed by atoms with E-state index >= 15 is 0 Å². The second-order valence-corrected chi connectivity index (χ2v) is 6.06.